The number of hydrogen-bond donors (Lipinski definition) is 1. The van der Waals surface area contributed by atoms with Gasteiger partial charge in [0.25, 0.3) is 10.0 Å². The van der Waals surface area contributed by atoms with Gasteiger partial charge in [-0.05, 0) is 55.8 Å². The molecule has 1 heterocycles. The molecule has 0 aliphatic rings. The van der Waals surface area contributed by atoms with Gasteiger partial charge < -0.3 is 4.74 Å². The zero-order valence-electron chi connectivity index (χ0n) is 14.3. The van der Waals surface area contributed by atoms with Crippen LogP contribution in [0, 0.1) is 19.7 Å². The molecule has 2 aromatic rings. The Morgan fingerprint density at radius 3 is 2.68 bits per heavy atom. The molecule has 1 N–H and O–H groups in total. The number of halogens is 1. The lowest BCUT2D eigenvalue weighted by molar-refractivity contribution is -0.143. The molecule has 136 valence electrons. The van der Waals surface area contributed by atoms with Gasteiger partial charge in [0, 0.05) is 12.0 Å². The largest absolute Gasteiger partial charge is 0.466 e. The summed E-state index contributed by atoms with van der Waals surface area (Å²) < 4.78 is 47.0. The average Bonchev–Trinajstić information content (AvgIpc) is 3.08. The van der Waals surface area contributed by atoms with Crippen LogP contribution in [0.2, 0.25) is 0 Å². The second kappa shape index (κ2) is 7.97. The highest BCUT2D eigenvalue weighted by molar-refractivity contribution is 7.94. The molecular weight excluding hydrogens is 365 g/mol. The Bertz CT molecular complexity index is 861. The second-order valence-corrected chi connectivity index (χ2v) is 8.36. The molecule has 0 radical (unpaired) electrons. The van der Waals surface area contributed by atoms with Gasteiger partial charge in [0.2, 0.25) is 0 Å². The van der Waals surface area contributed by atoms with Crippen molar-refractivity contribution >= 4 is 33.0 Å². The number of aryl methyl sites for hydroxylation is 1. The van der Waals surface area contributed by atoms with Crippen molar-refractivity contribution in [1.29, 1.82) is 0 Å². The Morgan fingerprint density at radius 2 is 2.08 bits per heavy atom. The number of nitrogens with one attached hydrogen (secondary N) is 1. The fourth-order valence-electron chi connectivity index (χ4n) is 2.34. The quantitative estimate of drug-likeness (QED) is 0.736. The van der Waals surface area contributed by atoms with Crippen molar-refractivity contribution in [3.05, 3.63) is 46.1 Å². The van der Waals surface area contributed by atoms with Gasteiger partial charge in [0.15, 0.2) is 0 Å². The summed E-state index contributed by atoms with van der Waals surface area (Å²) in [6, 6.07) is 4.69. The summed E-state index contributed by atoms with van der Waals surface area (Å²) in [6.45, 7) is 5.26. The minimum Gasteiger partial charge on any atom is -0.466 e. The van der Waals surface area contributed by atoms with E-state index in [2.05, 4.69) is 4.72 Å². The van der Waals surface area contributed by atoms with Crippen LogP contribution in [0.1, 0.15) is 30.0 Å². The van der Waals surface area contributed by atoms with E-state index >= 15 is 0 Å². The molecule has 0 amide bonds. The fraction of sp³-hybridized carbons (Fsp3) is 0.353. The van der Waals surface area contributed by atoms with Gasteiger partial charge in [-0.15, -0.1) is 11.3 Å². The summed E-state index contributed by atoms with van der Waals surface area (Å²) in [6.07, 6.45) is 0.0229. The smallest absolute Gasteiger partial charge is 0.306 e. The van der Waals surface area contributed by atoms with E-state index in [0.717, 1.165) is 11.3 Å². The molecule has 0 aliphatic heterocycles. The van der Waals surface area contributed by atoms with E-state index in [0.29, 0.717) is 11.1 Å². The molecule has 0 aliphatic carbocycles. The lowest BCUT2D eigenvalue weighted by Gasteiger charge is -2.16. The number of rotatable bonds is 7. The van der Waals surface area contributed by atoms with Crippen LogP contribution >= 0.6 is 11.3 Å². The SMILES string of the molecule is CCOC(=O)CCc1c(NS(=O)(=O)c2cccs2)cc(C)c(C)c1F. The predicted octanol–water partition coefficient (Wildman–Crippen LogP) is 3.80. The molecule has 0 saturated carbocycles. The van der Waals surface area contributed by atoms with Crippen LogP contribution in [0.3, 0.4) is 0 Å². The van der Waals surface area contributed by atoms with Crippen molar-refractivity contribution in [1.82, 2.24) is 0 Å². The van der Waals surface area contributed by atoms with Crippen LogP contribution in [0.5, 0.6) is 0 Å². The van der Waals surface area contributed by atoms with Crippen LogP contribution in [-0.2, 0) is 26.0 Å². The molecule has 25 heavy (non-hydrogen) atoms. The summed E-state index contributed by atoms with van der Waals surface area (Å²) in [4.78, 5) is 11.6. The second-order valence-electron chi connectivity index (χ2n) is 5.50. The summed E-state index contributed by atoms with van der Waals surface area (Å²) in [5.74, 6) is -0.958. The Balaban J connectivity index is 2.37. The highest BCUT2D eigenvalue weighted by Gasteiger charge is 2.21. The van der Waals surface area contributed by atoms with Gasteiger partial charge in [-0.1, -0.05) is 6.07 Å². The fourth-order valence-corrected chi connectivity index (χ4v) is 4.41. The van der Waals surface area contributed by atoms with Crippen molar-refractivity contribution in [2.45, 2.75) is 37.8 Å². The predicted molar refractivity (Wildman–Crippen MR) is 96.0 cm³/mol. The van der Waals surface area contributed by atoms with E-state index in [1.54, 1.807) is 38.3 Å². The first-order valence-corrected chi connectivity index (χ1v) is 10.1. The molecule has 0 spiro atoms. The van der Waals surface area contributed by atoms with E-state index in [-0.39, 0.29) is 34.9 Å². The summed E-state index contributed by atoms with van der Waals surface area (Å²) in [5.41, 5.74) is 1.37. The van der Waals surface area contributed by atoms with Crippen molar-refractivity contribution in [3.63, 3.8) is 0 Å². The summed E-state index contributed by atoms with van der Waals surface area (Å²) >= 11 is 1.07. The Morgan fingerprint density at radius 1 is 1.36 bits per heavy atom. The molecular formula is C17H20FNO4S2. The first-order chi connectivity index (χ1) is 11.8. The zero-order valence-corrected chi connectivity index (χ0v) is 15.9. The average molecular weight is 385 g/mol. The molecule has 0 fully saturated rings. The number of sulfonamides is 1. The van der Waals surface area contributed by atoms with Crippen LogP contribution in [0.15, 0.2) is 27.8 Å². The maximum Gasteiger partial charge on any atom is 0.306 e. The van der Waals surface area contributed by atoms with E-state index < -0.39 is 21.8 Å². The van der Waals surface area contributed by atoms with Crippen LogP contribution in [0.4, 0.5) is 10.1 Å². The standard InChI is InChI=1S/C17H20FNO4S2/c1-4-23-15(20)8-7-13-14(10-11(2)12(3)17(13)18)19-25(21,22)16-6-5-9-24-16/h5-6,9-10,19H,4,7-8H2,1-3H3. The number of carbonyl (C=O) groups is 1. The number of esters is 1. The van der Waals surface area contributed by atoms with Gasteiger partial charge in [0.05, 0.1) is 12.3 Å². The summed E-state index contributed by atoms with van der Waals surface area (Å²) in [5, 5.41) is 1.65. The third-order valence-electron chi connectivity index (χ3n) is 3.76. The van der Waals surface area contributed by atoms with Crippen LogP contribution in [-0.4, -0.2) is 21.0 Å². The zero-order chi connectivity index (χ0) is 18.6. The molecule has 1 aromatic heterocycles. The molecule has 0 unspecified atom stereocenters. The first-order valence-electron chi connectivity index (χ1n) is 7.76. The van der Waals surface area contributed by atoms with Crippen molar-refractivity contribution in [2.24, 2.45) is 0 Å². The topological polar surface area (TPSA) is 72.5 Å². The van der Waals surface area contributed by atoms with Gasteiger partial charge in [0.1, 0.15) is 10.0 Å². The molecule has 8 heteroatoms. The van der Waals surface area contributed by atoms with Crippen molar-refractivity contribution < 1.29 is 22.3 Å². The lowest BCUT2D eigenvalue weighted by atomic mass is 10.00. The maximum absolute atomic E-state index is 14.7. The van der Waals surface area contributed by atoms with Gasteiger partial charge in [-0.25, -0.2) is 12.8 Å². The van der Waals surface area contributed by atoms with E-state index in [1.165, 1.54) is 6.07 Å². The first kappa shape index (κ1) is 19.4. The third kappa shape index (κ3) is 4.58. The van der Waals surface area contributed by atoms with E-state index in [1.807, 2.05) is 0 Å². The van der Waals surface area contributed by atoms with Gasteiger partial charge in [-0.2, -0.15) is 0 Å². The van der Waals surface area contributed by atoms with Gasteiger partial charge >= 0.3 is 5.97 Å². The monoisotopic (exact) mass is 385 g/mol. The number of thiophene rings is 1. The van der Waals surface area contributed by atoms with Crippen molar-refractivity contribution in [3.8, 4) is 0 Å². The number of carbonyl (C=O) groups excluding carboxylic acids is 1. The number of hydrogen-bond acceptors (Lipinski definition) is 5. The Labute approximate surface area is 150 Å². The number of ether oxygens (including phenoxy) is 1. The molecule has 2 rings (SSSR count). The van der Waals surface area contributed by atoms with Crippen LogP contribution < -0.4 is 4.72 Å². The van der Waals surface area contributed by atoms with E-state index in [4.69, 9.17) is 4.74 Å². The van der Waals surface area contributed by atoms with Crippen LogP contribution in [0.25, 0.3) is 0 Å². The normalized spacial score (nSPS) is 11.4. The van der Waals surface area contributed by atoms with Crippen molar-refractivity contribution in [2.75, 3.05) is 11.3 Å². The Kier molecular flexibility index (Phi) is 6.18. The van der Waals surface area contributed by atoms with Gasteiger partial charge in [-0.3, -0.25) is 9.52 Å². The minimum atomic E-state index is -3.80. The van der Waals surface area contributed by atoms with E-state index in [9.17, 15) is 17.6 Å². The number of benzene rings is 1. The highest BCUT2D eigenvalue weighted by Crippen LogP contribution is 2.29. The number of anilines is 1. The maximum atomic E-state index is 14.7. The minimum absolute atomic E-state index is 0.0268. The summed E-state index contributed by atoms with van der Waals surface area (Å²) in [7, 11) is -3.80. The molecule has 5 nitrogen and oxygen atoms in total. The highest BCUT2D eigenvalue weighted by atomic mass is 32.2. The third-order valence-corrected chi connectivity index (χ3v) is 6.52. The Hall–Kier alpha value is -1.93. The molecule has 1 aromatic carbocycles. The molecule has 0 atom stereocenters. The molecule has 0 saturated heterocycles. The molecule has 0 bridgehead atoms. The lowest BCUT2D eigenvalue weighted by Crippen LogP contribution is -2.15.